The average Bonchev–Trinajstić information content (AvgIpc) is 2.52. The van der Waals surface area contributed by atoms with Gasteiger partial charge in [0.15, 0.2) is 11.5 Å². The minimum absolute atomic E-state index is 0.798. The van der Waals surface area contributed by atoms with E-state index in [1.165, 1.54) is 5.56 Å². The molecule has 2 N–H and O–H groups in total. The molecule has 7 nitrogen and oxygen atoms in total. The summed E-state index contributed by atoms with van der Waals surface area (Å²) < 4.78 is 10.7. The summed E-state index contributed by atoms with van der Waals surface area (Å²) in [6, 6.07) is 6.00. The molecular weight excluding hydrogens is 290 g/mol. The third kappa shape index (κ3) is 6.45. The SMILES string of the molecule is CCN(CC)Cc1cccc(OC)c1OC.O=C(O)C(=O)O. The van der Waals surface area contributed by atoms with Crippen LogP contribution in [-0.2, 0) is 16.1 Å². The number of carbonyl (C=O) groups is 2. The van der Waals surface area contributed by atoms with Crippen molar-refractivity contribution in [3.8, 4) is 11.5 Å². The maximum atomic E-state index is 9.10. The first kappa shape index (κ1) is 19.7. The molecule has 1 aromatic rings. The lowest BCUT2D eigenvalue weighted by Crippen LogP contribution is -2.22. The highest BCUT2D eigenvalue weighted by Gasteiger charge is 2.11. The second-order valence-corrected chi connectivity index (χ2v) is 4.22. The number of ether oxygens (including phenoxy) is 2. The van der Waals surface area contributed by atoms with Crippen LogP contribution in [0.2, 0.25) is 0 Å². The predicted molar refractivity (Wildman–Crippen MR) is 81.4 cm³/mol. The summed E-state index contributed by atoms with van der Waals surface area (Å²) in [5.41, 5.74) is 1.17. The standard InChI is InChI=1S/C13H21NO2.C2H2O4/c1-5-14(6-2)10-11-8-7-9-12(15-3)13(11)16-4;3-1(4)2(5)6/h7-9H,5-6,10H2,1-4H3;(H,3,4)(H,5,6). The van der Waals surface area contributed by atoms with E-state index in [1.807, 2.05) is 12.1 Å². The van der Waals surface area contributed by atoms with Gasteiger partial charge in [-0.2, -0.15) is 0 Å². The fourth-order valence-corrected chi connectivity index (χ4v) is 1.77. The lowest BCUT2D eigenvalue weighted by molar-refractivity contribution is -0.159. The van der Waals surface area contributed by atoms with Crippen molar-refractivity contribution in [2.45, 2.75) is 20.4 Å². The molecule has 7 heteroatoms. The molecule has 0 amide bonds. The monoisotopic (exact) mass is 313 g/mol. The van der Waals surface area contributed by atoms with Crippen LogP contribution in [-0.4, -0.2) is 54.4 Å². The number of hydrogen-bond acceptors (Lipinski definition) is 5. The van der Waals surface area contributed by atoms with E-state index < -0.39 is 11.9 Å². The summed E-state index contributed by atoms with van der Waals surface area (Å²) in [7, 11) is 3.35. The number of hydrogen-bond donors (Lipinski definition) is 2. The fourth-order valence-electron chi connectivity index (χ4n) is 1.77. The number of rotatable bonds is 6. The summed E-state index contributed by atoms with van der Waals surface area (Å²) >= 11 is 0. The van der Waals surface area contributed by atoms with Crippen LogP contribution in [0.15, 0.2) is 18.2 Å². The fraction of sp³-hybridized carbons (Fsp3) is 0.467. The summed E-state index contributed by atoms with van der Waals surface area (Å²) in [6.07, 6.45) is 0. The van der Waals surface area contributed by atoms with Crippen LogP contribution in [0.25, 0.3) is 0 Å². The second kappa shape index (κ2) is 10.4. The van der Waals surface area contributed by atoms with Crippen molar-refractivity contribution in [1.29, 1.82) is 0 Å². The Balaban J connectivity index is 0.000000626. The van der Waals surface area contributed by atoms with Gasteiger partial charge in [-0.05, 0) is 19.2 Å². The molecule has 1 rings (SSSR count). The Morgan fingerprint density at radius 2 is 1.59 bits per heavy atom. The van der Waals surface area contributed by atoms with Gasteiger partial charge in [-0.15, -0.1) is 0 Å². The molecule has 0 fully saturated rings. The molecule has 0 aliphatic rings. The van der Waals surface area contributed by atoms with Crippen LogP contribution in [0.5, 0.6) is 11.5 Å². The predicted octanol–water partition coefficient (Wildman–Crippen LogP) is 1.70. The molecule has 0 aliphatic heterocycles. The zero-order chi connectivity index (χ0) is 17.1. The summed E-state index contributed by atoms with van der Waals surface area (Å²) in [6.45, 7) is 7.30. The second-order valence-electron chi connectivity index (χ2n) is 4.22. The van der Waals surface area contributed by atoms with Crippen molar-refractivity contribution < 1.29 is 29.3 Å². The number of nitrogens with zero attached hydrogens (tertiary/aromatic N) is 1. The number of aliphatic carboxylic acids is 2. The molecule has 22 heavy (non-hydrogen) atoms. The first-order valence-electron chi connectivity index (χ1n) is 6.79. The van der Waals surface area contributed by atoms with Gasteiger partial charge >= 0.3 is 11.9 Å². The summed E-state index contributed by atoms with van der Waals surface area (Å²) in [5.74, 6) is -2.01. The van der Waals surface area contributed by atoms with Crippen molar-refractivity contribution in [3.05, 3.63) is 23.8 Å². The lowest BCUT2D eigenvalue weighted by atomic mass is 10.1. The number of carboxylic acid groups (broad SMARTS) is 2. The molecule has 0 saturated carbocycles. The molecule has 0 atom stereocenters. The maximum Gasteiger partial charge on any atom is 0.414 e. The van der Waals surface area contributed by atoms with E-state index in [2.05, 4.69) is 24.8 Å². The smallest absolute Gasteiger partial charge is 0.414 e. The van der Waals surface area contributed by atoms with Crippen LogP contribution in [0, 0.1) is 0 Å². The molecule has 0 spiro atoms. The molecule has 0 aliphatic carbocycles. The summed E-state index contributed by atoms with van der Waals surface area (Å²) in [4.78, 5) is 20.5. The van der Waals surface area contributed by atoms with Gasteiger partial charge in [0.05, 0.1) is 14.2 Å². The van der Waals surface area contributed by atoms with E-state index in [4.69, 9.17) is 29.3 Å². The maximum absolute atomic E-state index is 9.10. The van der Waals surface area contributed by atoms with Crippen LogP contribution in [0.1, 0.15) is 19.4 Å². The number of para-hydroxylation sites is 1. The van der Waals surface area contributed by atoms with E-state index in [1.54, 1.807) is 14.2 Å². The lowest BCUT2D eigenvalue weighted by Gasteiger charge is -2.20. The number of carboxylic acids is 2. The van der Waals surface area contributed by atoms with E-state index in [-0.39, 0.29) is 0 Å². The largest absolute Gasteiger partial charge is 0.493 e. The topological polar surface area (TPSA) is 96.3 Å². The van der Waals surface area contributed by atoms with Gasteiger partial charge in [0.2, 0.25) is 0 Å². The normalized spacial score (nSPS) is 9.68. The first-order chi connectivity index (χ1) is 10.4. The van der Waals surface area contributed by atoms with Crippen LogP contribution in [0.3, 0.4) is 0 Å². The van der Waals surface area contributed by atoms with Crippen LogP contribution >= 0.6 is 0 Å². The van der Waals surface area contributed by atoms with Crippen molar-refractivity contribution in [1.82, 2.24) is 4.90 Å². The molecule has 0 aromatic heterocycles. The highest BCUT2D eigenvalue weighted by molar-refractivity contribution is 6.27. The van der Waals surface area contributed by atoms with Crippen molar-refractivity contribution in [2.24, 2.45) is 0 Å². The molecule has 0 bridgehead atoms. The highest BCUT2D eigenvalue weighted by Crippen LogP contribution is 2.31. The van der Waals surface area contributed by atoms with E-state index >= 15 is 0 Å². The Bertz CT molecular complexity index is 473. The third-order valence-electron chi connectivity index (χ3n) is 2.96. The summed E-state index contributed by atoms with van der Waals surface area (Å²) in [5, 5.41) is 14.8. The Hall–Kier alpha value is -2.28. The van der Waals surface area contributed by atoms with Crippen LogP contribution < -0.4 is 9.47 Å². The molecular formula is C15H23NO6. The molecule has 124 valence electrons. The minimum atomic E-state index is -1.82. The quantitative estimate of drug-likeness (QED) is 0.772. The van der Waals surface area contributed by atoms with E-state index in [9.17, 15) is 0 Å². The Kier molecular flexibility index (Phi) is 9.36. The molecule has 0 unspecified atom stereocenters. The van der Waals surface area contributed by atoms with Gasteiger partial charge in [0, 0.05) is 12.1 Å². The Morgan fingerprint density at radius 3 is 1.95 bits per heavy atom. The zero-order valence-electron chi connectivity index (χ0n) is 13.3. The van der Waals surface area contributed by atoms with Crippen molar-refractivity contribution >= 4 is 11.9 Å². The van der Waals surface area contributed by atoms with Crippen molar-refractivity contribution in [3.63, 3.8) is 0 Å². The van der Waals surface area contributed by atoms with Crippen LogP contribution in [0.4, 0.5) is 0 Å². The van der Waals surface area contributed by atoms with E-state index in [0.29, 0.717) is 0 Å². The van der Waals surface area contributed by atoms with Crippen molar-refractivity contribution in [2.75, 3.05) is 27.3 Å². The minimum Gasteiger partial charge on any atom is -0.493 e. The van der Waals surface area contributed by atoms with Gasteiger partial charge in [-0.3, -0.25) is 4.90 Å². The highest BCUT2D eigenvalue weighted by atomic mass is 16.5. The zero-order valence-corrected chi connectivity index (χ0v) is 13.3. The molecule has 0 heterocycles. The first-order valence-corrected chi connectivity index (χ1v) is 6.79. The number of methoxy groups -OCH3 is 2. The van der Waals surface area contributed by atoms with Gasteiger partial charge in [-0.25, -0.2) is 9.59 Å². The Labute approximate surface area is 130 Å². The van der Waals surface area contributed by atoms with Gasteiger partial charge in [0.25, 0.3) is 0 Å². The Morgan fingerprint density at radius 1 is 1.05 bits per heavy atom. The third-order valence-corrected chi connectivity index (χ3v) is 2.96. The van der Waals surface area contributed by atoms with Gasteiger partial charge < -0.3 is 19.7 Å². The average molecular weight is 313 g/mol. The van der Waals surface area contributed by atoms with E-state index in [0.717, 1.165) is 31.1 Å². The number of benzene rings is 1. The molecule has 1 aromatic carbocycles. The molecule has 0 radical (unpaired) electrons. The van der Waals surface area contributed by atoms with Gasteiger partial charge in [-0.1, -0.05) is 26.0 Å². The van der Waals surface area contributed by atoms with Gasteiger partial charge in [0.1, 0.15) is 0 Å². The molecule has 0 saturated heterocycles.